The zero-order valence-corrected chi connectivity index (χ0v) is 11.7. The number of carbonyl (C=O) groups is 2. The third-order valence-electron chi connectivity index (χ3n) is 3.37. The summed E-state index contributed by atoms with van der Waals surface area (Å²) in [6, 6.07) is -0.211. The second kappa shape index (κ2) is 5.77. The smallest absolute Gasteiger partial charge is 0.407 e. The van der Waals surface area contributed by atoms with Crippen molar-refractivity contribution in [3.8, 4) is 0 Å². The van der Waals surface area contributed by atoms with Gasteiger partial charge < -0.3 is 20.3 Å². The highest BCUT2D eigenvalue weighted by atomic mass is 16.6. The maximum Gasteiger partial charge on any atom is 0.407 e. The van der Waals surface area contributed by atoms with Crippen molar-refractivity contribution in [2.45, 2.75) is 58.1 Å². The highest BCUT2D eigenvalue weighted by Gasteiger charge is 2.45. The summed E-state index contributed by atoms with van der Waals surface area (Å²) in [5.74, 6) is -0.907. The fourth-order valence-corrected chi connectivity index (χ4v) is 2.47. The van der Waals surface area contributed by atoms with Crippen molar-refractivity contribution in [3.63, 3.8) is 0 Å². The quantitative estimate of drug-likeness (QED) is 0.721. The second-order valence-electron chi connectivity index (χ2n) is 6.15. The average molecular weight is 273 g/mol. The predicted octanol–water partition coefficient (Wildman–Crippen LogP) is 1.52. The Hall–Kier alpha value is -1.30. The van der Waals surface area contributed by atoms with Gasteiger partial charge in [-0.05, 0) is 46.5 Å². The number of rotatable bonds is 4. The van der Waals surface area contributed by atoms with Crippen LogP contribution in [0.3, 0.4) is 0 Å². The number of aliphatic carboxylic acids is 1. The molecule has 0 aromatic carbocycles. The zero-order valence-electron chi connectivity index (χ0n) is 11.7. The molecule has 19 heavy (non-hydrogen) atoms. The molecule has 1 aliphatic carbocycles. The van der Waals surface area contributed by atoms with E-state index in [2.05, 4.69) is 5.32 Å². The number of carboxylic acids is 1. The lowest BCUT2D eigenvalue weighted by Crippen LogP contribution is -2.39. The molecule has 0 aromatic rings. The zero-order chi connectivity index (χ0) is 14.7. The van der Waals surface area contributed by atoms with Crippen LogP contribution in [-0.4, -0.2) is 40.5 Å². The first-order valence-electron chi connectivity index (χ1n) is 6.52. The number of nitrogens with one attached hydrogen (secondary N) is 1. The fourth-order valence-electron chi connectivity index (χ4n) is 2.47. The molecular weight excluding hydrogens is 250 g/mol. The van der Waals surface area contributed by atoms with Gasteiger partial charge in [0, 0.05) is 12.6 Å². The molecule has 2 atom stereocenters. The van der Waals surface area contributed by atoms with Gasteiger partial charge >= 0.3 is 12.1 Å². The molecule has 110 valence electrons. The molecule has 0 heterocycles. The Morgan fingerprint density at radius 2 is 2.05 bits per heavy atom. The number of carboxylic acid groups (broad SMARTS) is 1. The van der Waals surface area contributed by atoms with Crippen LogP contribution in [-0.2, 0) is 9.53 Å². The molecular formula is C13H23NO5. The van der Waals surface area contributed by atoms with Gasteiger partial charge in [0.15, 0.2) is 0 Å². The van der Waals surface area contributed by atoms with Crippen molar-refractivity contribution in [1.82, 2.24) is 5.32 Å². The lowest BCUT2D eigenvalue weighted by molar-refractivity contribution is -0.149. The molecule has 0 spiro atoms. The van der Waals surface area contributed by atoms with Crippen molar-refractivity contribution in [2.75, 3.05) is 6.61 Å². The van der Waals surface area contributed by atoms with Crippen LogP contribution in [0, 0.1) is 5.41 Å². The van der Waals surface area contributed by atoms with Crippen molar-refractivity contribution in [2.24, 2.45) is 5.41 Å². The van der Waals surface area contributed by atoms with Gasteiger partial charge in [-0.2, -0.15) is 0 Å². The van der Waals surface area contributed by atoms with Crippen LogP contribution >= 0.6 is 0 Å². The van der Waals surface area contributed by atoms with Gasteiger partial charge in [-0.15, -0.1) is 0 Å². The Kier molecular flexibility index (Phi) is 4.79. The van der Waals surface area contributed by atoms with E-state index in [-0.39, 0.29) is 19.1 Å². The molecule has 0 saturated heterocycles. The molecule has 1 fully saturated rings. The van der Waals surface area contributed by atoms with Crippen LogP contribution in [0.4, 0.5) is 4.79 Å². The minimum Gasteiger partial charge on any atom is -0.481 e. The lowest BCUT2D eigenvalue weighted by Gasteiger charge is -2.24. The number of hydrogen-bond donors (Lipinski definition) is 3. The summed E-state index contributed by atoms with van der Waals surface area (Å²) in [5.41, 5.74) is -1.49. The summed E-state index contributed by atoms with van der Waals surface area (Å²) in [5, 5.41) is 21.0. The van der Waals surface area contributed by atoms with Gasteiger partial charge in [-0.1, -0.05) is 0 Å². The Balaban J connectivity index is 2.56. The predicted molar refractivity (Wildman–Crippen MR) is 68.8 cm³/mol. The molecule has 1 saturated carbocycles. The summed E-state index contributed by atoms with van der Waals surface area (Å²) in [6.45, 7) is 5.16. The highest BCUT2D eigenvalue weighted by Crippen LogP contribution is 2.41. The normalized spacial score (nSPS) is 27.1. The highest BCUT2D eigenvalue weighted by molar-refractivity contribution is 5.75. The summed E-state index contributed by atoms with van der Waals surface area (Å²) < 4.78 is 5.14. The van der Waals surface area contributed by atoms with E-state index in [0.29, 0.717) is 19.3 Å². The first kappa shape index (κ1) is 15.8. The molecule has 3 N–H and O–H groups in total. The Labute approximate surface area is 113 Å². The van der Waals surface area contributed by atoms with E-state index in [0.717, 1.165) is 0 Å². The van der Waals surface area contributed by atoms with E-state index in [9.17, 15) is 14.7 Å². The summed E-state index contributed by atoms with van der Waals surface area (Å²) in [4.78, 5) is 22.9. The van der Waals surface area contributed by atoms with Crippen molar-refractivity contribution in [1.29, 1.82) is 0 Å². The third kappa shape index (κ3) is 4.38. The van der Waals surface area contributed by atoms with Crippen LogP contribution in [0.1, 0.15) is 46.5 Å². The Morgan fingerprint density at radius 1 is 1.42 bits per heavy atom. The third-order valence-corrected chi connectivity index (χ3v) is 3.37. The van der Waals surface area contributed by atoms with Gasteiger partial charge in [0.2, 0.25) is 0 Å². The van der Waals surface area contributed by atoms with Crippen molar-refractivity contribution in [3.05, 3.63) is 0 Å². The van der Waals surface area contributed by atoms with E-state index in [4.69, 9.17) is 9.84 Å². The molecule has 0 aromatic heterocycles. The largest absolute Gasteiger partial charge is 0.481 e. The number of aliphatic hydroxyl groups is 1. The van der Waals surface area contributed by atoms with E-state index < -0.39 is 23.1 Å². The maximum atomic E-state index is 11.6. The maximum absolute atomic E-state index is 11.6. The molecule has 1 amide bonds. The number of hydrogen-bond acceptors (Lipinski definition) is 4. The number of ether oxygens (including phenoxy) is 1. The molecule has 1 aliphatic rings. The molecule has 6 nitrogen and oxygen atoms in total. The van der Waals surface area contributed by atoms with Gasteiger partial charge in [-0.25, -0.2) is 4.79 Å². The molecule has 0 unspecified atom stereocenters. The second-order valence-corrected chi connectivity index (χ2v) is 6.15. The van der Waals surface area contributed by atoms with Crippen LogP contribution in [0.5, 0.6) is 0 Å². The number of amides is 1. The molecule has 6 heteroatoms. The molecule has 1 rings (SSSR count). The number of alkyl carbamates (subject to hydrolysis) is 1. The van der Waals surface area contributed by atoms with Crippen molar-refractivity contribution < 1.29 is 24.5 Å². The topological polar surface area (TPSA) is 95.9 Å². The SMILES string of the molecule is CC(C)(C)OC(=O)N[C@@H]1CC[C@](CCO)(C(=O)O)C1. The van der Waals surface area contributed by atoms with Crippen LogP contribution in [0.2, 0.25) is 0 Å². The van der Waals surface area contributed by atoms with E-state index >= 15 is 0 Å². The molecule has 0 radical (unpaired) electrons. The van der Waals surface area contributed by atoms with E-state index in [1.54, 1.807) is 20.8 Å². The summed E-state index contributed by atoms with van der Waals surface area (Å²) in [6.07, 6.45) is 1.08. The number of aliphatic hydroxyl groups excluding tert-OH is 1. The summed E-state index contributed by atoms with van der Waals surface area (Å²) in [7, 11) is 0. The molecule has 0 bridgehead atoms. The standard InChI is InChI=1S/C13H23NO5/c1-12(2,3)19-11(18)14-9-4-5-13(8-9,6-7-15)10(16)17/h9,15H,4-8H2,1-3H3,(H,14,18)(H,16,17)/t9-,13-/m1/s1. The van der Waals surface area contributed by atoms with Crippen LogP contribution in [0.25, 0.3) is 0 Å². The lowest BCUT2D eigenvalue weighted by atomic mass is 9.83. The minimum absolute atomic E-state index is 0.161. The van der Waals surface area contributed by atoms with Gasteiger partial charge in [0.1, 0.15) is 5.60 Å². The first-order valence-corrected chi connectivity index (χ1v) is 6.52. The average Bonchev–Trinajstić information content (AvgIpc) is 2.60. The fraction of sp³-hybridized carbons (Fsp3) is 0.846. The van der Waals surface area contributed by atoms with Crippen molar-refractivity contribution >= 4 is 12.1 Å². The Bertz CT molecular complexity index is 349. The monoisotopic (exact) mass is 273 g/mol. The van der Waals surface area contributed by atoms with Gasteiger partial charge in [0.05, 0.1) is 5.41 Å². The minimum atomic E-state index is -0.922. The van der Waals surface area contributed by atoms with Gasteiger partial charge in [-0.3, -0.25) is 4.79 Å². The van der Waals surface area contributed by atoms with Gasteiger partial charge in [0.25, 0.3) is 0 Å². The summed E-state index contributed by atoms with van der Waals surface area (Å²) >= 11 is 0. The van der Waals surface area contributed by atoms with E-state index in [1.807, 2.05) is 0 Å². The number of carbonyl (C=O) groups excluding carboxylic acids is 1. The first-order chi connectivity index (χ1) is 8.68. The Morgan fingerprint density at radius 3 is 2.53 bits per heavy atom. The van der Waals surface area contributed by atoms with Crippen LogP contribution < -0.4 is 5.32 Å². The van der Waals surface area contributed by atoms with E-state index in [1.165, 1.54) is 0 Å². The van der Waals surface area contributed by atoms with Crippen LogP contribution in [0.15, 0.2) is 0 Å². The molecule has 0 aliphatic heterocycles.